The van der Waals surface area contributed by atoms with Crippen molar-refractivity contribution in [2.24, 2.45) is 5.41 Å². The highest BCUT2D eigenvalue weighted by Crippen LogP contribution is 2.28. The number of nitrogens with one attached hydrogen (secondary N) is 3. The standard InChI is InChI=1S/C12H21N3O5/c1-12(2-4-20-5-3-12)8-15-11(19)14-6-9(16)13-7-10(17)18/h2-8H2,1H3,(H,13,16)(H,17,18)(H2,14,15,19). The Kier molecular flexibility index (Phi) is 6.23. The lowest BCUT2D eigenvalue weighted by Gasteiger charge is -2.33. The molecule has 4 N–H and O–H groups in total. The third kappa shape index (κ3) is 6.37. The van der Waals surface area contributed by atoms with E-state index in [1.165, 1.54) is 0 Å². The average molecular weight is 287 g/mol. The molecule has 8 nitrogen and oxygen atoms in total. The Bertz CT molecular complexity index is 366. The number of carboxylic acids is 1. The molecule has 1 aliphatic heterocycles. The molecule has 0 spiro atoms. The summed E-state index contributed by atoms with van der Waals surface area (Å²) in [7, 11) is 0. The number of urea groups is 1. The minimum absolute atomic E-state index is 0.0150. The van der Waals surface area contributed by atoms with Crippen LogP contribution in [0.1, 0.15) is 19.8 Å². The Balaban J connectivity index is 2.16. The van der Waals surface area contributed by atoms with Gasteiger partial charge >= 0.3 is 12.0 Å². The maximum atomic E-state index is 11.5. The van der Waals surface area contributed by atoms with Crippen LogP contribution in [0.4, 0.5) is 4.79 Å². The molecule has 3 amide bonds. The molecule has 20 heavy (non-hydrogen) atoms. The lowest BCUT2D eigenvalue weighted by atomic mass is 9.82. The first-order chi connectivity index (χ1) is 9.41. The normalized spacial score (nSPS) is 17.1. The van der Waals surface area contributed by atoms with Gasteiger partial charge in [-0.25, -0.2) is 4.79 Å². The van der Waals surface area contributed by atoms with E-state index < -0.39 is 24.5 Å². The molecule has 1 heterocycles. The van der Waals surface area contributed by atoms with Crippen LogP contribution in [0.15, 0.2) is 0 Å². The molecule has 8 heteroatoms. The molecule has 0 bridgehead atoms. The lowest BCUT2D eigenvalue weighted by Crippen LogP contribution is -2.46. The van der Waals surface area contributed by atoms with Crippen molar-refractivity contribution in [2.75, 3.05) is 32.8 Å². The van der Waals surface area contributed by atoms with Crippen LogP contribution >= 0.6 is 0 Å². The fourth-order valence-electron chi connectivity index (χ4n) is 1.79. The van der Waals surface area contributed by atoms with Crippen LogP contribution < -0.4 is 16.0 Å². The quantitative estimate of drug-likeness (QED) is 0.515. The number of hydrogen-bond donors (Lipinski definition) is 4. The highest BCUT2D eigenvalue weighted by Gasteiger charge is 2.27. The third-order valence-corrected chi connectivity index (χ3v) is 3.22. The first kappa shape index (κ1) is 16.2. The molecule has 0 radical (unpaired) electrons. The molecular weight excluding hydrogens is 266 g/mol. The van der Waals surface area contributed by atoms with Crippen LogP contribution in [0.3, 0.4) is 0 Å². The summed E-state index contributed by atoms with van der Waals surface area (Å²) in [5, 5.41) is 15.6. The maximum absolute atomic E-state index is 11.5. The minimum atomic E-state index is -1.13. The first-order valence-corrected chi connectivity index (χ1v) is 6.49. The molecule has 0 atom stereocenters. The van der Waals surface area contributed by atoms with Gasteiger partial charge in [0.25, 0.3) is 0 Å². The Labute approximate surface area is 117 Å². The summed E-state index contributed by atoms with van der Waals surface area (Å²) in [4.78, 5) is 32.9. The molecule has 0 aromatic heterocycles. The number of carbonyl (C=O) groups is 3. The van der Waals surface area contributed by atoms with Crippen molar-refractivity contribution in [3.8, 4) is 0 Å². The average Bonchev–Trinajstić information content (AvgIpc) is 2.41. The maximum Gasteiger partial charge on any atom is 0.322 e. The monoisotopic (exact) mass is 287 g/mol. The van der Waals surface area contributed by atoms with Crippen molar-refractivity contribution < 1.29 is 24.2 Å². The molecule has 0 aromatic carbocycles. The van der Waals surface area contributed by atoms with Gasteiger partial charge in [-0.1, -0.05) is 6.92 Å². The SMILES string of the molecule is CC1(CNC(=O)NCC(=O)NCC(=O)O)CCOCC1. The molecule has 0 aromatic rings. The van der Waals surface area contributed by atoms with Gasteiger partial charge < -0.3 is 25.8 Å². The summed E-state index contributed by atoms with van der Waals surface area (Å²) in [5.41, 5.74) is 0.0150. The fraction of sp³-hybridized carbons (Fsp3) is 0.750. The molecule has 1 rings (SSSR count). The zero-order valence-electron chi connectivity index (χ0n) is 11.5. The van der Waals surface area contributed by atoms with Gasteiger partial charge in [0.2, 0.25) is 5.91 Å². The largest absolute Gasteiger partial charge is 0.480 e. The van der Waals surface area contributed by atoms with Crippen LogP contribution in [0, 0.1) is 5.41 Å². The van der Waals surface area contributed by atoms with Crippen molar-refractivity contribution in [2.45, 2.75) is 19.8 Å². The molecular formula is C12H21N3O5. The van der Waals surface area contributed by atoms with E-state index in [0.29, 0.717) is 19.8 Å². The Morgan fingerprint density at radius 1 is 1.10 bits per heavy atom. The highest BCUT2D eigenvalue weighted by atomic mass is 16.5. The van der Waals surface area contributed by atoms with Crippen LogP contribution in [-0.4, -0.2) is 55.9 Å². The summed E-state index contributed by atoms with van der Waals surface area (Å²) in [6.45, 7) is 3.27. The number of carbonyl (C=O) groups excluding carboxylic acids is 2. The zero-order chi connectivity index (χ0) is 15.0. The van der Waals surface area contributed by atoms with E-state index in [0.717, 1.165) is 12.8 Å². The number of aliphatic carboxylic acids is 1. The van der Waals surface area contributed by atoms with E-state index in [-0.39, 0.29) is 12.0 Å². The van der Waals surface area contributed by atoms with Gasteiger partial charge in [-0.3, -0.25) is 9.59 Å². The predicted molar refractivity (Wildman–Crippen MR) is 70.2 cm³/mol. The van der Waals surface area contributed by atoms with Crippen molar-refractivity contribution >= 4 is 17.9 Å². The third-order valence-electron chi connectivity index (χ3n) is 3.22. The number of rotatable bonds is 6. The Morgan fingerprint density at radius 2 is 1.75 bits per heavy atom. The second-order valence-electron chi connectivity index (χ2n) is 5.13. The van der Waals surface area contributed by atoms with Crippen molar-refractivity contribution in [1.82, 2.24) is 16.0 Å². The second kappa shape index (κ2) is 7.68. The molecule has 1 saturated heterocycles. The lowest BCUT2D eigenvalue weighted by molar-refractivity contribution is -0.137. The smallest absolute Gasteiger partial charge is 0.322 e. The molecule has 1 fully saturated rings. The van der Waals surface area contributed by atoms with Gasteiger partial charge in [-0.15, -0.1) is 0 Å². The van der Waals surface area contributed by atoms with Crippen LogP contribution in [0.2, 0.25) is 0 Å². The summed E-state index contributed by atoms with van der Waals surface area (Å²) in [6, 6.07) is -0.441. The topological polar surface area (TPSA) is 117 Å². The molecule has 0 aliphatic carbocycles. The van der Waals surface area contributed by atoms with Gasteiger partial charge in [0.05, 0.1) is 6.54 Å². The van der Waals surface area contributed by atoms with E-state index >= 15 is 0 Å². The van der Waals surface area contributed by atoms with Crippen LogP contribution in [-0.2, 0) is 14.3 Å². The van der Waals surface area contributed by atoms with Gasteiger partial charge in [0.1, 0.15) is 6.54 Å². The number of ether oxygens (including phenoxy) is 1. The number of hydrogen-bond acceptors (Lipinski definition) is 4. The summed E-state index contributed by atoms with van der Waals surface area (Å²) in [5.74, 6) is -1.67. The molecule has 0 saturated carbocycles. The number of amides is 3. The Hall–Kier alpha value is -1.83. The van der Waals surface area contributed by atoms with Crippen LogP contribution in [0.25, 0.3) is 0 Å². The predicted octanol–water partition coefficient (Wildman–Crippen LogP) is -0.697. The minimum Gasteiger partial charge on any atom is -0.480 e. The zero-order valence-corrected chi connectivity index (χ0v) is 11.5. The van der Waals surface area contributed by atoms with E-state index in [1.54, 1.807) is 0 Å². The van der Waals surface area contributed by atoms with Crippen molar-refractivity contribution in [1.29, 1.82) is 0 Å². The summed E-state index contributed by atoms with van der Waals surface area (Å²) in [6.07, 6.45) is 1.76. The Morgan fingerprint density at radius 3 is 2.35 bits per heavy atom. The van der Waals surface area contributed by atoms with E-state index in [2.05, 4.69) is 22.9 Å². The van der Waals surface area contributed by atoms with E-state index in [4.69, 9.17) is 9.84 Å². The van der Waals surface area contributed by atoms with Gasteiger partial charge in [-0.2, -0.15) is 0 Å². The van der Waals surface area contributed by atoms with Crippen LogP contribution in [0.5, 0.6) is 0 Å². The molecule has 1 aliphatic rings. The van der Waals surface area contributed by atoms with E-state index in [9.17, 15) is 14.4 Å². The highest BCUT2D eigenvalue weighted by molar-refractivity contribution is 5.86. The first-order valence-electron chi connectivity index (χ1n) is 6.49. The second-order valence-corrected chi connectivity index (χ2v) is 5.13. The van der Waals surface area contributed by atoms with Gasteiger partial charge in [-0.05, 0) is 18.3 Å². The molecule has 0 unspecified atom stereocenters. The molecule has 114 valence electrons. The van der Waals surface area contributed by atoms with Crippen molar-refractivity contribution in [3.05, 3.63) is 0 Å². The fourth-order valence-corrected chi connectivity index (χ4v) is 1.79. The summed E-state index contributed by atoms with van der Waals surface area (Å²) >= 11 is 0. The van der Waals surface area contributed by atoms with E-state index in [1.807, 2.05) is 0 Å². The van der Waals surface area contributed by atoms with Gasteiger partial charge in [0, 0.05) is 19.8 Å². The summed E-state index contributed by atoms with van der Waals surface area (Å²) < 4.78 is 5.27. The van der Waals surface area contributed by atoms with Crippen molar-refractivity contribution in [3.63, 3.8) is 0 Å². The van der Waals surface area contributed by atoms with Gasteiger partial charge in [0.15, 0.2) is 0 Å². The number of carboxylic acid groups (broad SMARTS) is 1.